The molecule has 0 unspecified atom stereocenters. The van der Waals surface area contributed by atoms with Crippen molar-refractivity contribution in [1.82, 2.24) is 5.32 Å². The first-order valence-corrected chi connectivity index (χ1v) is 12.9. The molecule has 4 aromatic carbocycles. The number of benzene rings is 4. The molecule has 206 valence electrons. The zero-order chi connectivity index (χ0) is 29.2. The Hall–Kier alpha value is -5.43. The van der Waals surface area contributed by atoms with Crippen LogP contribution in [0.5, 0.6) is 11.5 Å². The van der Waals surface area contributed by atoms with E-state index in [-0.39, 0.29) is 11.5 Å². The molecule has 0 aliphatic carbocycles. The minimum atomic E-state index is -0.539. The zero-order valence-electron chi connectivity index (χ0n) is 23.0. The van der Waals surface area contributed by atoms with Gasteiger partial charge < -0.3 is 20.1 Å². The second-order valence-electron chi connectivity index (χ2n) is 9.14. The Balaban J connectivity index is 1.53. The molecule has 4 rings (SSSR count). The van der Waals surface area contributed by atoms with Gasteiger partial charge in [0, 0.05) is 16.8 Å². The summed E-state index contributed by atoms with van der Waals surface area (Å²) in [4.78, 5) is 38.9. The number of aryl methyl sites for hydroxylation is 1. The summed E-state index contributed by atoms with van der Waals surface area (Å²) in [7, 11) is 3.05. The van der Waals surface area contributed by atoms with Crippen molar-refractivity contribution in [3.8, 4) is 11.5 Å². The summed E-state index contributed by atoms with van der Waals surface area (Å²) in [6, 6.07) is 28.2. The lowest BCUT2D eigenvalue weighted by Crippen LogP contribution is -2.30. The Labute approximate surface area is 239 Å². The van der Waals surface area contributed by atoms with Crippen LogP contribution in [0.3, 0.4) is 0 Å². The van der Waals surface area contributed by atoms with Gasteiger partial charge in [-0.15, -0.1) is 0 Å². The van der Waals surface area contributed by atoms with Crippen molar-refractivity contribution in [2.75, 3.05) is 19.5 Å². The van der Waals surface area contributed by atoms with Crippen LogP contribution in [0.4, 0.5) is 5.69 Å². The molecule has 0 aromatic heterocycles. The number of amides is 2. The molecule has 0 fully saturated rings. The molecule has 0 bridgehead atoms. The predicted molar refractivity (Wildman–Crippen MR) is 161 cm³/mol. The minimum absolute atomic E-state index is 0.0207. The minimum Gasteiger partial charge on any atom is -0.493 e. The second kappa shape index (κ2) is 13.6. The smallest absolute Gasteiger partial charge is 0.272 e. The van der Waals surface area contributed by atoms with Crippen LogP contribution in [-0.2, 0) is 4.79 Å². The number of ether oxygens (including phenoxy) is 2. The molecular weight excluding hydrogens is 516 g/mol. The summed E-state index contributed by atoms with van der Waals surface area (Å²) < 4.78 is 10.7. The van der Waals surface area contributed by atoms with Crippen molar-refractivity contribution in [3.05, 3.63) is 137 Å². The molecule has 7 nitrogen and oxygen atoms in total. The van der Waals surface area contributed by atoms with Gasteiger partial charge in [-0.2, -0.15) is 0 Å². The van der Waals surface area contributed by atoms with E-state index in [0.717, 1.165) is 11.1 Å². The number of methoxy groups -OCH3 is 2. The number of carbonyl (C=O) groups excluding carboxylic acids is 3. The van der Waals surface area contributed by atoms with Crippen LogP contribution in [0.25, 0.3) is 12.2 Å². The van der Waals surface area contributed by atoms with Crippen LogP contribution in [-0.4, -0.2) is 31.8 Å². The molecule has 0 heterocycles. The van der Waals surface area contributed by atoms with Crippen LogP contribution in [0.1, 0.15) is 37.4 Å². The van der Waals surface area contributed by atoms with E-state index in [1.54, 1.807) is 84.9 Å². The van der Waals surface area contributed by atoms with Crippen molar-refractivity contribution in [2.45, 2.75) is 6.92 Å². The monoisotopic (exact) mass is 546 g/mol. The fraction of sp³-hybridized carbons (Fsp3) is 0.0882. The molecule has 4 aromatic rings. The number of nitrogens with one attached hydrogen (secondary N) is 2. The zero-order valence-corrected chi connectivity index (χ0v) is 23.0. The number of ketones is 1. The third kappa shape index (κ3) is 7.80. The number of hydrogen-bond donors (Lipinski definition) is 2. The largest absolute Gasteiger partial charge is 0.493 e. The quantitative estimate of drug-likeness (QED) is 0.179. The van der Waals surface area contributed by atoms with Crippen LogP contribution >= 0.6 is 0 Å². The fourth-order valence-electron chi connectivity index (χ4n) is 4.01. The van der Waals surface area contributed by atoms with Gasteiger partial charge >= 0.3 is 0 Å². The second-order valence-corrected chi connectivity index (χ2v) is 9.14. The molecule has 0 aliphatic rings. The Kier molecular flexibility index (Phi) is 9.46. The van der Waals surface area contributed by atoms with Crippen molar-refractivity contribution in [2.24, 2.45) is 0 Å². The Morgan fingerprint density at radius 2 is 1.44 bits per heavy atom. The lowest BCUT2D eigenvalue weighted by Gasteiger charge is -2.13. The van der Waals surface area contributed by atoms with Gasteiger partial charge in [0.05, 0.1) is 14.2 Å². The van der Waals surface area contributed by atoms with Crippen LogP contribution in [0, 0.1) is 6.92 Å². The summed E-state index contributed by atoms with van der Waals surface area (Å²) in [5, 5.41) is 5.50. The highest BCUT2D eigenvalue weighted by Crippen LogP contribution is 2.28. The highest BCUT2D eigenvalue weighted by molar-refractivity contribution is 6.11. The van der Waals surface area contributed by atoms with Crippen molar-refractivity contribution in [1.29, 1.82) is 0 Å². The first-order valence-electron chi connectivity index (χ1n) is 12.9. The summed E-state index contributed by atoms with van der Waals surface area (Å²) in [6.45, 7) is 1.99. The number of hydrogen-bond acceptors (Lipinski definition) is 5. The van der Waals surface area contributed by atoms with Crippen LogP contribution < -0.4 is 20.1 Å². The first-order chi connectivity index (χ1) is 19.9. The van der Waals surface area contributed by atoms with Crippen molar-refractivity contribution in [3.63, 3.8) is 0 Å². The molecule has 0 saturated carbocycles. The maximum absolute atomic E-state index is 13.3. The molecule has 0 spiro atoms. The summed E-state index contributed by atoms with van der Waals surface area (Å²) in [5.74, 6) is -0.121. The van der Waals surface area contributed by atoms with E-state index in [9.17, 15) is 14.4 Å². The van der Waals surface area contributed by atoms with Gasteiger partial charge in [-0.3, -0.25) is 14.4 Å². The van der Waals surface area contributed by atoms with Gasteiger partial charge in [0.1, 0.15) is 5.70 Å². The molecule has 2 N–H and O–H groups in total. The third-order valence-electron chi connectivity index (χ3n) is 6.14. The Bertz CT molecular complexity index is 1610. The number of rotatable bonds is 10. The van der Waals surface area contributed by atoms with Crippen molar-refractivity contribution < 1.29 is 23.9 Å². The fourth-order valence-corrected chi connectivity index (χ4v) is 4.01. The normalized spacial score (nSPS) is 11.1. The number of anilines is 1. The van der Waals surface area contributed by atoms with E-state index in [2.05, 4.69) is 10.6 Å². The van der Waals surface area contributed by atoms with Crippen molar-refractivity contribution >= 4 is 35.4 Å². The summed E-state index contributed by atoms with van der Waals surface area (Å²) >= 11 is 0. The number of allylic oxidation sites excluding steroid dienone is 1. The Morgan fingerprint density at radius 3 is 2.12 bits per heavy atom. The maximum Gasteiger partial charge on any atom is 0.272 e. The highest BCUT2D eigenvalue weighted by atomic mass is 16.5. The maximum atomic E-state index is 13.3. The predicted octanol–water partition coefficient (Wildman–Crippen LogP) is 6.32. The summed E-state index contributed by atoms with van der Waals surface area (Å²) in [5.41, 5.74) is 4.02. The molecule has 0 saturated heterocycles. The standard InChI is InChI=1S/C34H30N2O5/c1-23-8-7-9-24(20-23)12-18-30(37)26-14-16-28(17-15-26)35-34(39)29(36-33(38)27-10-5-4-6-11-27)21-25-13-19-31(40-2)32(22-25)41-3/h4-22H,1-3H3,(H,35,39)(H,36,38)/b18-12+,29-21-. The van der Waals surface area contributed by atoms with Crippen LogP contribution in [0.15, 0.2) is 109 Å². The highest BCUT2D eigenvalue weighted by Gasteiger charge is 2.16. The van der Waals surface area contributed by atoms with Gasteiger partial charge in [0.2, 0.25) is 0 Å². The average Bonchev–Trinajstić information content (AvgIpc) is 3.00. The molecule has 0 aliphatic heterocycles. The molecule has 7 heteroatoms. The summed E-state index contributed by atoms with van der Waals surface area (Å²) in [6.07, 6.45) is 4.84. The van der Waals surface area contributed by atoms with Gasteiger partial charge in [-0.25, -0.2) is 0 Å². The van der Waals surface area contributed by atoms with Gasteiger partial charge in [0.15, 0.2) is 17.3 Å². The topological polar surface area (TPSA) is 93.7 Å². The SMILES string of the molecule is COc1ccc(/C=C(\NC(=O)c2ccccc2)C(=O)Nc2ccc(C(=O)/C=C/c3cccc(C)c3)cc2)cc1OC. The van der Waals surface area contributed by atoms with E-state index in [0.29, 0.717) is 33.9 Å². The van der Waals surface area contributed by atoms with Crippen LogP contribution in [0.2, 0.25) is 0 Å². The lowest BCUT2D eigenvalue weighted by molar-refractivity contribution is -0.113. The van der Waals surface area contributed by atoms with E-state index in [1.165, 1.54) is 20.3 Å². The van der Waals surface area contributed by atoms with E-state index < -0.39 is 11.8 Å². The van der Waals surface area contributed by atoms with E-state index in [1.807, 2.05) is 31.2 Å². The number of carbonyl (C=O) groups is 3. The third-order valence-corrected chi connectivity index (χ3v) is 6.14. The molecule has 2 amide bonds. The van der Waals surface area contributed by atoms with Gasteiger partial charge in [-0.05, 0) is 78.7 Å². The van der Waals surface area contributed by atoms with E-state index in [4.69, 9.17) is 9.47 Å². The Morgan fingerprint density at radius 1 is 0.707 bits per heavy atom. The van der Waals surface area contributed by atoms with E-state index >= 15 is 0 Å². The lowest BCUT2D eigenvalue weighted by atomic mass is 10.1. The molecular formula is C34H30N2O5. The molecule has 41 heavy (non-hydrogen) atoms. The molecule has 0 radical (unpaired) electrons. The molecule has 0 atom stereocenters. The average molecular weight is 547 g/mol. The van der Waals surface area contributed by atoms with Gasteiger partial charge in [0.25, 0.3) is 11.8 Å². The van der Waals surface area contributed by atoms with Gasteiger partial charge in [-0.1, -0.05) is 60.2 Å². The first kappa shape index (κ1) is 28.6.